The minimum atomic E-state index is -3.28. The number of amides is 1. The molecule has 1 fully saturated rings. The fourth-order valence-electron chi connectivity index (χ4n) is 2.40. The van der Waals surface area contributed by atoms with Crippen LogP contribution >= 0.6 is 12.4 Å². The summed E-state index contributed by atoms with van der Waals surface area (Å²) in [7, 11) is -3.28. The molecule has 6 nitrogen and oxygen atoms in total. The maximum Gasteiger partial charge on any atom is 0.229 e. The number of rotatable bonds is 5. The first-order valence-corrected chi connectivity index (χ1v) is 8.90. The van der Waals surface area contributed by atoms with Gasteiger partial charge in [-0.25, -0.2) is 8.42 Å². The van der Waals surface area contributed by atoms with Gasteiger partial charge in [0.2, 0.25) is 15.9 Å². The third-order valence-corrected chi connectivity index (χ3v) is 4.01. The molecule has 1 heterocycles. The lowest BCUT2D eigenvalue weighted by atomic mass is 9.94. The molecule has 0 aliphatic carbocycles. The van der Waals surface area contributed by atoms with Crippen molar-refractivity contribution in [2.75, 3.05) is 29.4 Å². The van der Waals surface area contributed by atoms with Crippen LogP contribution in [-0.4, -0.2) is 33.7 Å². The molecule has 0 spiro atoms. The summed E-state index contributed by atoms with van der Waals surface area (Å²) in [6, 6.07) is 6.63. The van der Waals surface area contributed by atoms with E-state index in [9.17, 15) is 13.2 Å². The summed E-state index contributed by atoms with van der Waals surface area (Å²) < 4.78 is 24.6. The van der Waals surface area contributed by atoms with Crippen molar-refractivity contribution in [3.8, 4) is 0 Å². The lowest BCUT2D eigenvalue weighted by Crippen LogP contribution is -2.30. The van der Waals surface area contributed by atoms with E-state index in [4.69, 9.17) is 0 Å². The minimum absolute atomic E-state index is 0. The molecule has 0 aromatic heterocycles. The van der Waals surface area contributed by atoms with Crippen molar-refractivity contribution in [3.63, 3.8) is 0 Å². The molecular formula is C14H22ClN3O3S. The number of halogens is 1. The van der Waals surface area contributed by atoms with E-state index in [1.807, 2.05) is 0 Å². The van der Waals surface area contributed by atoms with Gasteiger partial charge in [-0.1, -0.05) is 0 Å². The molecule has 0 atom stereocenters. The zero-order chi connectivity index (χ0) is 15.3. The highest BCUT2D eigenvalue weighted by Gasteiger charge is 2.16. The summed E-state index contributed by atoms with van der Waals surface area (Å²) in [6.07, 6.45) is 3.70. The first kappa shape index (κ1) is 18.7. The lowest BCUT2D eigenvalue weighted by molar-refractivity contribution is -0.117. The van der Waals surface area contributed by atoms with E-state index >= 15 is 0 Å². The molecule has 1 aromatic rings. The average Bonchev–Trinajstić information content (AvgIpc) is 2.40. The molecule has 1 aliphatic rings. The monoisotopic (exact) mass is 347 g/mol. The fourth-order valence-corrected chi connectivity index (χ4v) is 2.96. The van der Waals surface area contributed by atoms with Gasteiger partial charge in [-0.3, -0.25) is 9.52 Å². The largest absolute Gasteiger partial charge is 0.326 e. The Kier molecular flexibility index (Phi) is 7.12. The van der Waals surface area contributed by atoms with E-state index < -0.39 is 10.0 Å². The third kappa shape index (κ3) is 6.64. The first-order chi connectivity index (χ1) is 9.92. The molecule has 8 heteroatoms. The second-order valence-electron chi connectivity index (χ2n) is 5.40. The van der Waals surface area contributed by atoms with E-state index in [0.717, 1.165) is 32.2 Å². The van der Waals surface area contributed by atoms with Crippen molar-refractivity contribution in [2.45, 2.75) is 19.3 Å². The number of carbonyl (C=O) groups excluding carboxylic acids is 1. The Labute approximate surface area is 137 Å². The van der Waals surface area contributed by atoms with Gasteiger partial charge >= 0.3 is 0 Å². The SMILES string of the molecule is CS(=O)(=O)Nc1ccc(NC(=O)CC2CCNCC2)cc1.Cl. The summed E-state index contributed by atoms with van der Waals surface area (Å²) in [5.41, 5.74) is 1.15. The molecule has 1 amide bonds. The number of anilines is 2. The summed E-state index contributed by atoms with van der Waals surface area (Å²) in [5.74, 6) is 0.447. The maximum atomic E-state index is 12.0. The summed E-state index contributed by atoms with van der Waals surface area (Å²) in [4.78, 5) is 12.0. The first-order valence-electron chi connectivity index (χ1n) is 7.01. The van der Waals surface area contributed by atoms with Gasteiger partial charge in [-0.2, -0.15) is 0 Å². The van der Waals surface area contributed by atoms with Crippen LogP contribution in [0.2, 0.25) is 0 Å². The van der Waals surface area contributed by atoms with Gasteiger partial charge in [0.05, 0.1) is 6.26 Å². The number of piperidine rings is 1. The zero-order valence-corrected chi connectivity index (χ0v) is 14.1. The van der Waals surface area contributed by atoms with Crippen LogP contribution in [0.25, 0.3) is 0 Å². The van der Waals surface area contributed by atoms with Gasteiger partial charge < -0.3 is 10.6 Å². The number of benzene rings is 1. The molecule has 1 aliphatic heterocycles. The molecule has 1 aromatic carbocycles. The molecule has 124 valence electrons. The number of sulfonamides is 1. The van der Waals surface area contributed by atoms with Gasteiger partial charge in [0.15, 0.2) is 0 Å². The molecule has 22 heavy (non-hydrogen) atoms. The topological polar surface area (TPSA) is 87.3 Å². The van der Waals surface area contributed by atoms with Gasteiger partial charge in [-0.05, 0) is 56.1 Å². The molecule has 0 bridgehead atoms. The third-order valence-electron chi connectivity index (χ3n) is 3.40. The standard InChI is InChI=1S/C14H21N3O3S.ClH/c1-21(19,20)17-13-4-2-12(3-5-13)16-14(18)10-11-6-8-15-9-7-11;/h2-5,11,15,17H,6-10H2,1H3,(H,16,18);1H. The highest BCUT2D eigenvalue weighted by Crippen LogP contribution is 2.18. The smallest absolute Gasteiger partial charge is 0.229 e. The van der Waals surface area contributed by atoms with Crippen LogP contribution in [0, 0.1) is 5.92 Å². The predicted octanol–water partition coefficient (Wildman–Crippen LogP) is 1.81. The van der Waals surface area contributed by atoms with Crippen LogP contribution in [0.3, 0.4) is 0 Å². The van der Waals surface area contributed by atoms with Gasteiger partial charge in [-0.15, -0.1) is 12.4 Å². The Balaban J connectivity index is 0.00000242. The molecular weight excluding hydrogens is 326 g/mol. The summed E-state index contributed by atoms with van der Waals surface area (Å²) >= 11 is 0. The van der Waals surface area contributed by atoms with Crippen molar-refractivity contribution in [2.24, 2.45) is 5.92 Å². The van der Waals surface area contributed by atoms with Crippen LogP contribution < -0.4 is 15.4 Å². The second-order valence-corrected chi connectivity index (χ2v) is 7.15. The maximum absolute atomic E-state index is 12.0. The number of hydrogen-bond acceptors (Lipinski definition) is 4. The Morgan fingerprint density at radius 3 is 2.27 bits per heavy atom. The highest BCUT2D eigenvalue weighted by molar-refractivity contribution is 7.92. The molecule has 0 saturated carbocycles. The summed E-state index contributed by atoms with van der Waals surface area (Å²) in [6.45, 7) is 1.95. The Hall–Kier alpha value is -1.31. The normalized spacial score (nSPS) is 15.7. The molecule has 3 N–H and O–H groups in total. The summed E-state index contributed by atoms with van der Waals surface area (Å²) in [5, 5.41) is 6.12. The van der Waals surface area contributed by atoms with Crippen molar-refractivity contribution in [1.82, 2.24) is 5.32 Å². The van der Waals surface area contributed by atoms with Crippen LogP contribution in [-0.2, 0) is 14.8 Å². The van der Waals surface area contributed by atoms with E-state index in [1.54, 1.807) is 24.3 Å². The molecule has 0 radical (unpaired) electrons. The molecule has 2 rings (SSSR count). The number of nitrogens with one attached hydrogen (secondary N) is 3. The van der Waals surface area contributed by atoms with Gasteiger partial charge in [0.25, 0.3) is 0 Å². The Bertz CT molecular complexity index is 584. The number of hydrogen-bond donors (Lipinski definition) is 3. The van der Waals surface area contributed by atoms with Crippen LogP contribution in [0.4, 0.5) is 11.4 Å². The highest BCUT2D eigenvalue weighted by atomic mass is 35.5. The molecule has 0 unspecified atom stereocenters. The van der Waals surface area contributed by atoms with Crippen molar-refractivity contribution >= 4 is 39.7 Å². The fraction of sp³-hybridized carbons (Fsp3) is 0.500. The van der Waals surface area contributed by atoms with E-state index in [0.29, 0.717) is 23.7 Å². The van der Waals surface area contributed by atoms with Crippen LogP contribution in [0.15, 0.2) is 24.3 Å². The van der Waals surface area contributed by atoms with E-state index in [2.05, 4.69) is 15.4 Å². The van der Waals surface area contributed by atoms with Crippen molar-refractivity contribution < 1.29 is 13.2 Å². The zero-order valence-electron chi connectivity index (χ0n) is 12.5. The van der Waals surface area contributed by atoms with Gasteiger partial charge in [0, 0.05) is 17.8 Å². The number of carbonyl (C=O) groups is 1. The van der Waals surface area contributed by atoms with Gasteiger partial charge in [0.1, 0.15) is 0 Å². The quantitative estimate of drug-likeness (QED) is 0.758. The Morgan fingerprint density at radius 2 is 1.73 bits per heavy atom. The lowest BCUT2D eigenvalue weighted by Gasteiger charge is -2.21. The Morgan fingerprint density at radius 1 is 1.18 bits per heavy atom. The minimum Gasteiger partial charge on any atom is -0.326 e. The van der Waals surface area contributed by atoms with E-state index in [-0.39, 0.29) is 18.3 Å². The van der Waals surface area contributed by atoms with Crippen LogP contribution in [0.5, 0.6) is 0 Å². The predicted molar refractivity (Wildman–Crippen MR) is 91.0 cm³/mol. The van der Waals surface area contributed by atoms with Crippen molar-refractivity contribution in [3.05, 3.63) is 24.3 Å². The second kappa shape index (κ2) is 8.36. The van der Waals surface area contributed by atoms with E-state index in [1.165, 1.54) is 0 Å². The molecule has 1 saturated heterocycles. The van der Waals surface area contributed by atoms with Crippen LogP contribution in [0.1, 0.15) is 19.3 Å². The van der Waals surface area contributed by atoms with Crippen molar-refractivity contribution in [1.29, 1.82) is 0 Å². The average molecular weight is 348 g/mol.